The summed E-state index contributed by atoms with van der Waals surface area (Å²) in [6.07, 6.45) is 2.25. The minimum atomic E-state index is -0.816. The lowest BCUT2D eigenvalue weighted by atomic mass is 9.96. The molecule has 4 nitrogen and oxygen atoms in total. The van der Waals surface area contributed by atoms with Crippen LogP contribution in [0.25, 0.3) is 0 Å². The maximum atomic E-state index is 13.3. The van der Waals surface area contributed by atoms with Crippen LogP contribution in [0.15, 0.2) is 18.2 Å². The molecule has 2 N–H and O–H groups in total. The number of rotatable bonds is 8. The first-order valence-corrected chi connectivity index (χ1v) is 7.27. The van der Waals surface area contributed by atoms with Gasteiger partial charge in [-0.2, -0.15) is 0 Å². The van der Waals surface area contributed by atoms with E-state index in [4.69, 9.17) is 16.7 Å². The minimum absolute atomic E-state index is 0.107. The Labute approximate surface area is 128 Å². The van der Waals surface area contributed by atoms with Crippen LogP contribution in [0.4, 0.5) is 4.39 Å². The lowest BCUT2D eigenvalue weighted by Crippen LogP contribution is -2.26. The van der Waals surface area contributed by atoms with Crippen LogP contribution in [-0.4, -0.2) is 23.5 Å². The van der Waals surface area contributed by atoms with Gasteiger partial charge >= 0.3 is 5.97 Å². The van der Waals surface area contributed by atoms with Crippen molar-refractivity contribution >= 4 is 23.5 Å². The fraction of sp³-hybridized carbons (Fsp3) is 0.467. The summed E-state index contributed by atoms with van der Waals surface area (Å²) in [6, 6.07) is 4.08. The lowest BCUT2D eigenvalue weighted by molar-refractivity contribution is -0.137. The number of amides is 1. The third-order valence-electron chi connectivity index (χ3n) is 3.38. The molecule has 0 aliphatic carbocycles. The van der Waals surface area contributed by atoms with Gasteiger partial charge in [0.15, 0.2) is 0 Å². The highest BCUT2D eigenvalue weighted by atomic mass is 35.5. The zero-order chi connectivity index (χ0) is 15.8. The van der Waals surface area contributed by atoms with E-state index in [1.54, 1.807) is 0 Å². The summed E-state index contributed by atoms with van der Waals surface area (Å²) >= 11 is 5.74. The number of carbonyl (C=O) groups excluding carboxylic acids is 1. The van der Waals surface area contributed by atoms with Gasteiger partial charge in [0, 0.05) is 13.0 Å². The summed E-state index contributed by atoms with van der Waals surface area (Å²) < 4.78 is 13.3. The molecule has 1 aromatic rings. The Morgan fingerprint density at radius 2 is 2.10 bits per heavy atom. The summed E-state index contributed by atoms with van der Waals surface area (Å²) in [6.45, 7) is 2.39. The molecule has 0 radical (unpaired) electrons. The van der Waals surface area contributed by atoms with Crippen LogP contribution in [0, 0.1) is 11.7 Å². The Morgan fingerprint density at radius 3 is 2.71 bits per heavy atom. The zero-order valence-corrected chi connectivity index (χ0v) is 12.6. The van der Waals surface area contributed by atoms with Gasteiger partial charge in [0.1, 0.15) is 5.82 Å². The standard InChI is InChI=1S/C15H19ClFNO3/c1-2-10(6-7-13(19)20)8-9-18-15(21)11-4-3-5-12(17)14(11)16/h3-5,10H,2,6-9H2,1H3,(H,18,21)(H,19,20). The zero-order valence-electron chi connectivity index (χ0n) is 11.9. The van der Waals surface area contributed by atoms with Crippen LogP contribution >= 0.6 is 11.6 Å². The van der Waals surface area contributed by atoms with Crippen LogP contribution in [-0.2, 0) is 4.79 Å². The monoisotopic (exact) mass is 315 g/mol. The minimum Gasteiger partial charge on any atom is -0.481 e. The van der Waals surface area contributed by atoms with Crippen molar-refractivity contribution in [3.05, 3.63) is 34.6 Å². The first-order chi connectivity index (χ1) is 9.95. The van der Waals surface area contributed by atoms with Gasteiger partial charge in [-0.1, -0.05) is 31.0 Å². The number of carboxylic acid groups (broad SMARTS) is 1. The van der Waals surface area contributed by atoms with Crippen molar-refractivity contribution in [2.24, 2.45) is 5.92 Å². The molecule has 0 saturated carbocycles. The molecule has 1 rings (SSSR count). The summed E-state index contributed by atoms with van der Waals surface area (Å²) in [5, 5.41) is 11.2. The molecule has 0 heterocycles. The molecule has 0 aliphatic rings. The van der Waals surface area contributed by atoms with Crippen molar-refractivity contribution in [1.82, 2.24) is 5.32 Å². The summed E-state index contributed by atoms with van der Waals surface area (Å²) in [7, 11) is 0. The fourth-order valence-electron chi connectivity index (χ4n) is 2.04. The molecule has 0 aliphatic heterocycles. The quantitative estimate of drug-likeness (QED) is 0.771. The van der Waals surface area contributed by atoms with E-state index in [0.29, 0.717) is 19.4 Å². The highest BCUT2D eigenvalue weighted by Crippen LogP contribution is 2.19. The Kier molecular flexibility index (Phi) is 7.15. The molecule has 6 heteroatoms. The molecule has 1 amide bonds. The summed E-state index contributed by atoms with van der Waals surface area (Å²) in [5.74, 6) is -1.63. The number of hydrogen-bond donors (Lipinski definition) is 2. The van der Waals surface area contributed by atoms with Gasteiger partial charge in [0.05, 0.1) is 10.6 Å². The number of hydrogen-bond acceptors (Lipinski definition) is 2. The summed E-state index contributed by atoms with van der Waals surface area (Å²) in [5.41, 5.74) is 0.107. The second-order valence-corrected chi connectivity index (χ2v) is 5.23. The first kappa shape index (κ1) is 17.4. The Balaban J connectivity index is 2.45. The van der Waals surface area contributed by atoms with E-state index in [2.05, 4.69) is 5.32 Å². The number of aliphatic carboxylic acids is 1. The van der Waals surface area contributed by atoms with Crippen molar-refractivity contribution in [2.75, 3.05) is 6.54 Å². The average molecular weight is 316 g/mol. The second-order valence-electron chi connectivity index (χ2n) is 4.85. The van der Waals surface area contributed by atoms with Gasteiger partial charge in [0.2, 0.25) is 0 Å². The maximum absolute atomic E-state index is 13.3. The van der Waals surface area contributed by atoms with Gasteiger partial charge in [-0.15, -0.1) is 0 Å². The normalized spacial score (nSPS) is 12.0. The van der Waals surface area contributed by atoms with E-state index in [1.165, 1.54) is 18.2 Å². The van der Waals surface area contributed by atoms with E-state index in [0.717, 1.165) is 6.42 Å². The molecular formula is C15H19ClFNO3. The largest absolute Gasteiger partial charge is 0.481 e. The smallest absolute Gasteiger partial charge is 0.303 e. The molecule has 0 saturated heterocycles. The number of carboxylic acids is 1. The average Bonchev–Trinajstić information content (AvgIpc) is 2.45. The van der Waals surface area contributed by atoms with Gasteiger partial charge < -0.3 is 10.4 Å². The Hall–Kier alpha value is -1.62. The van der Waals surface area contributed by atoms with Crippen molar-refractivity contribution in [3.63, 3.8) is 0 Å². The molecule has 0 spiro atoms. The van der Waals surface area contributed by atoms with Crippen molar-refractivity contribution in [1.29, 1.82) is 0 Å². The molecule has 1 atom stereocenters. The van der Waals surface area contributed by atoms with E-state index in [1.807, 2.05) is 6.92 Å². The van der Waals surface area contributed by atoms with Crippen LogP contribution in [0.2, 0.25) is 5.02 Å². The molecule has 1 aromatic carbocycles. The Morgan fingerprint density at radius 1 is 1.38 bits per heavy atom. The molecule has 116 valence electrons. The van der Waals surface area contributed by atoms with E-state index >= 15 is 0 Å². The molecular weight excluding hydrogens is 297 g/mol. The van der Waals surface area contributed by atoms with Gasteiger partial charge in [-0.25, -0.2) is 4.39 Å². The van der Waals surface area contributed by atoms with Crippen molar-refractivity contribution in [2.45, 2.75) is 32.6 Å². The predicted octanol–water partition coefficient (Wildman–Crippen LogP) is 3.49. The summed E-state index contributed by atoms with van der Waals surface area (Å²) in [4.78, 5) is 22.4. The van der Waals surface area contributed by atoms with Gasteiger partial charge in [0.25, 0.3) is 5.91 Å². The predicted molar refractivity (Wildman–Crippen MR) is 79.0 cm³/mol. The van der Waals surface area contributed by atoms with Gasteiger partial charge in [-0.3, -0.25) is 9.59 Å². The molecule has 0 aromatic heterocycles. The fourth-order valence-corrected chi connectivity index (χ4v) is 2.26. The van der Waals surface area contributed by atoms with Crippen LogP contribution in [0.3, 0.4) is 0 Å². The maximum Gasteiger partial charge on any atom is 0.303 e. The highest BCUT2D eigenvalue weighted by Gasteiger charge is 2.14. The van der Waals surface area contributed by atoms with Crippen LogP contribution in [0.5, 0.6) is 0 Å². The van der Waals surface area contributed by atoms with Crippen LogP contribution in [0.1, 0.15) is 43.0 Å². The highest BCUT2D eigenvalue weighted by molar-refractivity contribution is 6.34. The molecule has 0 fully saturated rings. The van der Waals surface area contributed by atoms with Crippen molar-refractivity contribution < 1.29 is 19.1 Å². The SMILES string of the molecule is CCC(CCNC(=O)c1cccc(F)c1Cl)CCC(=O)O. The number of carbonyl (C=O) groups is 2. The van der Waals surface area contributed by atoms with Crippen LogP contribution < -0.4 is 5.32 Å². The third-order valence-corrected chi connectivity index (χ3v) is 3.76. The third kappa shape index (κ3) is 5.71. The van der Waals surface area contributed by atoms with Gasteiger partial charge in [-0.05, 0) is 30.9 Å². The van der Waals surface area contributed by atoms with Crippen molar-refractivity contribution in [3.8, 4) is 0 Å². The topological polar surface area (TPSA) is 66.4 Å². The molecule has 0 bridgehead atoms. The van der Waals surface area contributed by atoms with E-state index in [-0.39, 0.29) is 22.9 Å². The number of halogens is 2. The lowest BCUT2D eigenvalue weighted by Gasteiger charge is -2.14. The molecule has 1 unspecified atom stereocenters. The second kappa shape index (κ2) is 8.62. The first-order valence-electron chi connectivity index (χ1n) is 6.89. The van der Waals surface area contributed by atoms with E-state index < -0.39 is 17.7 Å². The number of nitrogens with one attached hydrogen (secondary N) is 1. The van der Waals surface area contributed by atoms with E-state index in [9.17, 15) is 14.0 Å². The Bertz CT molecular complexity index is 508. The number of benzene rings is 1. The molecule has 21 heavy (non-hydrogen) atoms.